The fourth-order valence-electron chi connectivity index (χ4n) is 1.84. The van der Waals surface area contributed by atoms with Gasteiger partial charge in [-0.1, -0.05) is 20.8 Å². The van der Waals surface area contributed by atoms with Gasteiger partial charge >= 0.3 is 0 Å². The molecule has 0 bridgehead atoms. The number of rotatable bonds is 2. The minimum Gasteiger partial charge on any atom is -0.493 e. The lowest BCUT2D eigenvalue weighted by atomic mass is 9.98. The zero-order valence-corrected chi connectivity index (χ0v) is 10.5. The molecular weight excluding hydrogens is 198 g/mol. The molecule has 1 N–H and O–H groups in total. The van der Waals surface area contributed by atoms with Crippen molar-refractivity contribution in [3.8, 4) is 5.75 Å². The van der Waals surface area contributed by atoms with E-state index >= 15 is 0 Å². The molecular formula is C14H21NO. The third kappa shape index (κ3) is 2.91. The van der Waals surface area contributed by atoms with Gasteiger partial charge in [-0.25, -0.2) is 0 Å². The Balaban J connectivity index is 2.06. The summed E-state index contributed by atoms with van der Waals surface area (Å²) in [5.41, 5.74) is 2.88. The van der Waals surface area contributed by atoms with Gasteiger partial charge in [0.25, 0.3) is 0 Å². The van der Waals surface area contributed by atoms with Crippen molar-refractivity contribution in [3.63, 3.8) is 0 Å². The Morgan fingerprint density at radius 3 is 2.88 bits per heavy atom. The molecule has 0 fully saturated rings. The van der Waals surface area contributed by atoms with Crippen LogP contribution < -0.4 is 10.1 Å². The Labute approximate surface area is 98.0 Å². The van der Waals surface area contributed by atoms with Crippen LogP contribution in [0.4, 0.5) is 5.69 Å². The molecule has 0 atom stereocenters. The average molecular weight is 219 g/mol. The number of nitrogens with one attached hydrogen (secondary N) is 1. The summed E-state index contributed by atoms with van der Waals surface area (Å²) < 4.78 is 5.81. The van der Waals surface area contributed by atoms with Gasteiger partial charge in [0.15, 0.2) is 0 Å². The SMILES string of the molecule is CC(C)(C)COc1ccc2c(c1)CCCN2. The van der Waals surface area contributed by atoms with E-state index in [-0.39, 0.29) is 5.41 Å². The van der Waals surface area contributed by atoms with Gasteiger partial charge in [-0.2, -0.15) is 0 Å². The van der Waals surface area contributed by atoms with E-state index in [1.165, 1.54) is 17.7 Å². The molecule has 0 aromatic heterocycles. The molecule has 0 amide bonds. The maximum Gasteiger partial charge on any atom is 0.119 e. The van der Waals surface area contributed by atoms with Gasteiger partial charge in [-0.3, -0.25) is 0 Å². The van der Waals surface area contributed by atoms with E-state index < -0.39 is 0 Å². The highest BCUT2D eigenvalue weighted by molar-refractivity contribution is 5.55. The highest BCUT2D eigenvalue weighted by atomic mass is 16.5. The molecule has 1 aliphatic rings. The van der Waals surface area contributed by atoms with Crippen LogP contribution in [0, 0.1) is 5.41 Å². The van der Waals surface area contributed by atoms with Crippen LogP contribution in [0.25, 0.3) is 0 Å². The summed E-state index contributed by atoms with van der Waals surface area (Å²) >= 11 is 0. The summed E-state index contributed by atoms with van der Waals surface area (Å²) in [5.74, 6) is 0.998. The molecule has 1 heterocycles. The van der Waals surface area contributed by atoms with E-state index in [0.717, 1.165) is 25.3 Å². The number of aryl methyl sites for hydroxylation is 1. The molecule has 0 unspecified atom stereocenters. The molecule has 0 saturated carbocycles. The van der Waals surface area contributed by atoms with Crippen molar-refractivity contribution in [3.05, 3.63) is 23.8 Å². The van der Waals surface area contributed by atoms with Gasteiger partial charge in [0, 0.05) is 12.2 Å². The third-order valence-electron chi connectivity index (χ3n) is 2.69. The molecule has 1 aromatic rings. The van der Waals surface area contributed by atoms with Gasteiger partial charge in [0.05, 0.1) is 6.61 Å². The number of fused-ring (bicyclic) bond motifs is 1. The van der Waals surface area contributed by atoms with E-state index in [1.807, 2.05) is 0 Å². The maximum absolute atomic E-state index is 5.81. The Hall–Kier alpha value is -1.18. The Morgan fingerprint density at radius 2 is 2.12 bits per heavy atom. The first-order valence-corrected chi connectivity index (χ1v) is 6.04. The minimum atomic E-state index is 0.216. The summed E-state index contributed by atoms with van der Waals surface area (Å²) in [6.07, 6.45) is 2.38. The predicted octanol–water partition coefficient (Wildman–Crippen LogP) is 3.47. The average Bonchev–Trinajstić information content (AvgIpc) is 2.25. The Kier molecular flexibility index (Phi) is 3.08. The van der Waals surface area contributed by atoms with Crippen molar-refractivity contribution < 1.29 is 4.74 Å². The normalized spacial score (nSPS) is 15.2. The fourth-order valence-corrected chi connectivity index (χ4v) is 1.84. The van der Waals surface area contributed by atoms with Gasteiger partial charge in [0.1, 0.15) is 5.75 Å². The van der Waals surface area contributed by atoms with Gasteiger partial charge in [-0.05, 0) is 42.0 Å². The molecule has 1 aliphatic heterocycles. The zero-order chi connectivity index (χ0) is 11.6. The lowest BCUT2D eigenvalue weighted by Crippen LogP contribution is -2.17. The molecule has 1 aromatic carbocycles. The second kappa shape index (κ2) is 4.36. The Morgan fingerprint density at radius 1 is 1.31 bits per heavy atom. The quantitative estimate of drug-likeness (QED) is 0.822. The van der Waals surface area contributed by atoms with Crippen molar-refractivity contribution in [1.82, 2.24) is 0 Å². The van der Waals surface area contributed by atoms with E-state index in [2.05, 4.69) is 44.3 Å². The largest absolute Gasteiger partial charge is 0.493 e. The molecule has 0 saturated heterocycles. The van der Waals surface area contributed by atoms with Crippen molar-refractivity contribution in [2.45, 2.75) is 33.6 Å². The molecule has 16 heavy (non-hydrogen) atoms. The molecule has 0 aliphatic carbocycles. The summed E-state index contributed by atoms with van der Waals surface area (Å²) in [5, 5.41) is 3.41. The molecule has 2 rings (SSSR count). The number of anilines is 1. The van der Waals surface area contributed by atoms with E-state index in [0.29, 0.717) is 0 Å². The fraction of sp³-hybridized carbons (Fsp3) is 0.571. The topological polar surface area (TPSA) is 21.3 Å². The van der Waals surface area contributed by atoms with Crippen LogP contribution in [0.2, 0.25) is 0 Å². The highest BCUT2D eigenvalue weighted by Gasteiger charge is 2.13. The van der Waals surface area contributed by atoms with Crippen LogP contribution >= 0.6 is 0 Å². The molecule has 2 nitrogen and oxygen atoms in total. The lowest BCUT2D eigenvalue weighted by Gasteiger charge is -2.21. The summed E-state index contributed by atoms with van der Waals surface area (Å²) in [4.78, 5) is 0. The molecule has 0 spiro atoms. The van der Waals surface area contributed by atoms with Crippen molar-refractivity contribution in [1.29, 1.82) is 0 Å². The number of hydrogen-bond donors (Lipinski definition) is 1. The summed E-state index contributed by atoms with van der Waals surface area (Å²) in [7, 11) is 0. The van der Waals surface area contributed by atoms with Gasteiger partial charge in [0.2, 0.25) is 0 Å². The zero-order valence-electron chi connectivity index (χ0n) is 10.5. The summed E-state index contributed by atoms with van der Waals surface area (Å²) in [6.45, 7) is 8.42. The number of benzene rings is 1. The van der Waals surface area contributed by atoms with Crippen LogP contribution in [0.3, 0.4) is 0 Å². The molecule has 88 valence electrons. The van der Waals surface area contributed by atoms with Crippen LogP contribution in [-0.4, -0.2) is 13.2 Å². The van der Waals surface area contributed by atoms with Crippen molar-refractivity contribution in [2.24, 2.45) is 5.41 Å². The lowest BCUT2D eigenvalue weighted by molar-refractivity contribution is 0.198. The van der Waals surface area contributed by atoms with Crippen LogP contribution in [0.5, 0.6) is 5.75 Å². The first-order valence-electron chi connectivity index (χ1n) is 6.04. The summed E-state index contributed by atoms with van der Waals surface area (Å²) in [6, 6.07) is 6.36. The van der Waals surface area contributed by atoms with Crippen molar-refractivity contribution >= 4 is 5.69 Å². The molecule has 0 radical (unpaired) electrons. The van der Waals surface area contributed by atoms with Crippen LogP contribution in [0.15, 0.2) is 18.2 Å². The maximum atomic E-state index is 5.81. The predicted molar refractivity (Wildman–Crippen MR) is 68.2 cm³/mol. The van der Waals surface area contributed by atoms with Crippen molar-refractivity contribution in [2.75, 3.05) is 18.5 Å². The van der Waals surface area contributed by atoms with E-state index in [9.17, 15) is 0 Å². The van der Waals surface area contributed by atoms with Crippen LogP contribution in [0.1, 0.15) is 32.8 Å². The smallest absolute Gasteiger partial charge is 0.119 e. The minimum absolute atomic E-state index is 0.216. The Bertz CT molecular complexity index is 365. The van der Waals surface area contributed by atoms with E-state index in [4.69, 9.17) is 4.74 Å². The number of ether oxygens (including phenoxy) is 1. The third-order valence-corrected chi connectivity index (χ3v) is 2.69. The van der Waals surface area contributed by atoms with Gasteiger partial charge < -0.3 is 10.1 Å². The number of hydrogen-bond acceptors (Lipinski definition) is 2. The monoisotopic (exact) mass is 219 g/mol. The second-order valence-electron chi connectivity index (χ2n) is 5.70. The molecule has 2 heteroatoms. The van der Waals surface area contributed by atoms with E-state index in [1.54, 1.807) is 0 Å². The standard InChI is InChI=1S/C14H21NO/c1-14(2,3)10-16-12-6-7-13-11(9-12)5-4-8-15-13/h6-7,9,15H,4-5,8,10H2,1-3H3. The first kappa shape index (κ1) is 11.3. The first-order chi connectivity index (χ1) is 7.54. The highest BCUT2D eigenvalue weighted by Crippen LogP contribution is 2.27. The second-order valence-corrected chi connectivity index (χ2v) is 5.70. The van der Waals surface area contributed by atoms with Crippen LogP contribution in [-0.2, 0) is 6.42 Å². The van der Waals surface area contributed by atoms with Gasteiger partial charge in [-0.15, -0.1) is 0 Å².